The van der Waals surface area contributed by atoms with Crippen LogP contribution >= 0.6 is 0 Å². The van der Waals surface area contributed by atoms with E-state index >= 15 is 0 Å². The highest BCUT2D eigenvalue weighted by atomic mass is 16.5. The summed E-state index contributed by atoms with van der Waals surface area (Å²) in [5.41, 5.74) is 2.40. The second-order valence-electron chi connectivity index (χ2n) is 6.26. The molecule has 0 atom stereocenters. The Kier molecular flexibility index (Phi) is 6.23. The van der Waals surface area contributed by atoms with Gasteiger partial charge in [0, 0.05) is 24.1 Å². The van der Waals surface area contributed by atoms with Gasteiger partial charge in [-0.1, -0.05) is 11.2 Å². The first-order valence-corrected chi connectivity index (χ1v) is 8.96. The Labute approximate surface area is 167 Å². The molecule has 0 saturated carbocycles. The molecule has 0 fully saturated rings. The maximum absolute atomic E-state index is 12.3. The van der Waals surface area contributed by atoms with Gasteiger partial charge in [0.05, 0.1) is 19.8 Å². The van der Waals surface area contributed by atoms with Crippen LogP contribution < -0.4 is 10.1 Å². The van der Waals surface area contributed by atoms with Crippen molar-refractivity contribution in [3.05, 3.63) is 59.5 Å². The predicted molar refractivity (Wildman–Crippen MR) is 106 cm³/mol. The number of aryl methyl sites for hydroxylation is 1. The molecule has 1 aromatic heterocycles. The average Bonchev–Trinajstić information content (AvgIpc) is 3.22. The summed E-state index contributed by atoms with van der Waals surface area (Å²) in [6.07, 6.45) is 0.455. The number of methoxy groups -OCH3 is 2. The number of hydrogen-bond donors (Lipinski definition) is 1. The van der Waals surface area contributed by atoms with E-state index < -0.39 is 5.97 Å². The van der Waals surface area contributed by atoms with E-state index in [2.05, 4.69) is 15.5 Å². The van der Waals surface area contributed by atoms with Crippen LogP contribution in [0.3, 0.4) is 0 Å². The number of carbonyl (C=O) groups excluding carboxylic acids is 2. The van der Waals surface area contributed by atoms with E-state index in [-0.39, 0.29) is 12.3 Å². The zero-order valence-corrected chi connectivity index (χ0v) is 16.4. The van der Waals surface area contributed by atoms with Crippen molar-refractivity contribution in [3.8, 4) is 17.1 Å². The summed E-state index contributed by atoms with van der Waals surface area (Å²) in [6, 6.07) is 12.3. The van der Waals surface area contributed by atoms with Gasteiger partial charge in [0.25, 0.3) is 0 Å². The SMILES string of the molecule is COC(=O)c1cccc(NC(=O)CCc2nc(-c3ccc(OC)cc3)no2)c1C. The van der Waals surface area contributed by atoms with Crippen LogP contribution in [0, 0.1) is 6.92 Å². The van der Waals surface area contributed by atoms with E-state index in [1.165, 1.54) is 7.11 Å². The van der Waals surface area contributed by atoms with Crippen LogP contribution in [0.5, 0.6) is 5.75 Å². The van der Waals surface area contributed by atoms with E-state index in [0.717, 1.165) is 11.3 Å². The van der Waals surface area contributed by atoms with Gasteiger partial charge in [-0.25, -0.2) is 4.79 Å². The molecular weight excluding hydrogens is 374 g/mol. The molecule has 8 heteroatoms. The molecule has 0 aliphatic rings. The van der Waals surface area contributed by atoms with Crippen molar-refractivity contribution in [3.63, 3.8) is 0 Å². The maximum atomic E-state index is 12.3. The first-order valence-electron chi connectivity index (χ1n) is 8.96. The van der Waals surface area contributed by atoms with Crippen LogP contribution in [0.25, 0.3) is 11.4 Å². The van der Waals surface area contributed by atoms with Gasteiger partial charge < -0.3 is 19.3 Å². The standard InChI is InChI=1S/C21H21N3O5/c1-13-16(21(26)28-3)5-4-6-17(13)22-18(25)11-12-19-23-20(24-29-19)14-7-9-15(27-2)10-8-14/h4-10H,11-12H2,1-3H3,(H,22,25). The van der Waals surface area contributed by atoms with Crippen LogP contribution in [0.1, 0.15) is 28.2 Å². The highest BCUT2D eigenvalue weighted by molar-refractivity contribution is 5.96. The van der Waals surface area contributed by atoms with Gasteiger partial charge in [-0.2, -0.15) is 4.98 Å². The second kappa shape index (κ2) is 9.01. The number of nitrogens with one attached hydrogen (secondary N) is 1. The number of aromatic nitrogens is 2. The molecule has 0 bridgehead atoms. The third-order valence-electron chi connectivity index (χ3n) is 4.40. The van der Waals surface area contributed by atoms with E-state index in [1.807, 2.05) is 24.3 Å². The molecular formula is C21H21N3O5. The summed E-state index contributed by atoms with van der Waals surface area (Å²) in [5.74, 6) is 0.881. The molecule has 0 spiro atoms. The number of nitrogens with zero attached hydrogens (tertiary/aromatic N) is 2. The van der Waals surface area contributed by atoms with Crippen LogP contribution in [-0.4, -0.2) is 36.2 Å². The molecule has 3 aromatic rings. The Morgan fingerprint density at radius 2 is 1.86 bits per heavy atom. The molecule has 0 unspecified atom stereocenters. The Morgan fingerprint density at radius 1 is 1.10 bits per heavy atom. The number of rotatable bonds is 7. The van der Waals surface area contributed by atoms with E-state index in [4.69, 9.17) is 14.0 Å². The summed E-state index contributed by atoms with van der Waals surface area (Å²) in [6.45, 7) is 1.75. The first-order chi connectivity index (χ1) is 14.0. The van der Waals surface area contributed by atoms with E-state index in [9.17, 15) is 9.59 Å². The lowest BCUT2D eigenvalue weighted by Gasteiger charge is -2.11. The first kappa shape index (κ1) is 20.1. The quantitative estimate of drug-likeness (QED) is 0.611. The van der Waals surface area contributed by atoms with Crippen molar-refractivity contribution in [1.29, 1.82) is 0 Å². The van der Waals surface area contributed by atoms with Crippen molar-refractivity contribution in [1.82, 2.24) is 10.1 Å². The molecule has 8 nitrogen and oxygen atoms in total. The van der Waals surface area contributed by atoms with Crippen molar-refractivity contribution in [2.75, 3.05) is 19.5 Å². The molecule has 0 radical (unpaired) electrons. The van der Waals surface area contributed by atoms with Gasteiger partial charge in [-0.3, -0.25) is 4.79 Å². The number of esters is 1. The minimum Gasteiger partial charge on any atom is -0.497 e. The highest BCUT2D eigenvalue weighted by Gasteiger charge is 2.15. The molecule has 29 heavy (non-hydrogen) atoms. The summed E-state index contributed by atoms with van der Waals surface area (Å²) in [7, 11) is 2.91. The number of carbonyl (C=O) groups is 2. The highest BCUT2D eigenvalue weighted by Crippen LogP contribution is 2.21. The molecule has 0 aliphatic carbocycles. The number of amides is 1. The number of hydrogen-bond acceptors (Lipinski definition) is 7. The lowest BCUT2D eigenvalue weighted by atomic mass is 10.1. The Morgan fingerprint density at radius 3 is 2.55 bits per heavy atom. The third-order valence-corrected chi connectivity index (χ3v) is 4.40. The maximum Gasteiger partial charge on any atom is 0.338 e. The number of ether oxygens (including phenoxy) is 2. The van der Waals surface area contributed by atoms with Gasteiger partial charge in [-0.05, 0) is 48.9 Å². The van der Waals surface area contributed by atoms with Crippen LogP contribution in [0.2, 0.25) is 0 Å². The average molecular weight is 395 g/mol. The number of benzene rings is 2. The van der Waals surface area contributed by atoms with Crippen LogP contribution in [0.4, 0.5) is 5.69 Å². The fourth-order valence-corrected chi connectivity index (χ4v) is 2.75. The lowest BCUT2D eigenvalue weighted by molar-refractivity contribution is -0.116. The van der Waals surface area contributed by atoms with Gasteiger partial charge in [-0.15, -0.1) is 0 Å². The van der Waals surface area contributed by atoms with Crippen molar-refractivity contribution < 1.29 is 23.6 Å². The largest absolute Gasteiger partial charge is 0.497 e. The number of anilines is 1. The zero-order chi connectivity index (χ0) is 20.8. The topological polar surface area (TPSA) is 104 Å². The van der Waals surface area contributed by atoms with Gasteiger partial charge in [0.1, 0.15) is 5.75 Å². The van der Waals surface area contributed by atoms with E-state index in [1.54, 1.807) is 32.2 Å². The summed E-state index contributed by atoms with van der Waals surface area (Å²) in [4.78, 5) is 28.4. The van der Waals surface area contributed by atoms with Crippen LogP contribution in [-0.2, 0) is 16.0 Å². The normalized spacial score (nSPS) is 10.4. The Bertz CT molecular complexity index is 1010. The molecule has 1 N–H and O–H groups in total. The fourth-order valence-electron chi connectivity index (χ4n) is 2.75. The molecule has 2 aromatic carbocycles. The van der Waals surface area contributed by atoms with Crippen molar-refractivity contribution in [2.45, 2.75) is 19.8 Å². The fraction of sp³-hybridized carbons (Fsp3) is 0.238. The predicted octanol–water partition coefficient (Wildman–Crippen LogP) is 3.41. The summed E-state index contributed by atoms with van der Waals surface area (Å²) in [5, 5.41) is 6.75. The molecule has 0 aliphatic heterocycles. The van der Waals surface area contributed by atoms with Gasteiger partial charge in [0.15, 0.2) is 0 Å². The summed E-state index contributed by atoms with van der Waals surface area (Å²) >= 11 is 0. The third kappa shape index (κ3) is 4.78. The zero-order valence-electron chi connectivity index (χ0n) is 16.4. The van der Waals surface area contributed by atoms with Crippen molar-refractivity contribution >= 4 is 17.6 Å². The molecule has 0 saturated heterocycles. The monoisotopic (exact) mass is 395 g/mol. The minimum absolute atomic E-state index is 0.159. The van der Waals surface area contributed by atoms with Crippen LogP contribution in [0.15, 0.2) is 47.0 Å². The summed E-state index contributed by atoms with van der Waals surface area (Å²) < 4.78 is 15.1. The van der Waals surface area contributed by atoms with Gasteiger partial charge >= 0.3 is 5.97 Å². The Balaban J connectivity index is 1.60. The second-order valence-corrected chi connectivity index (χ2v) is 6.26. The van der Waals surface area contributed by atoms with E-state index in [0.29, 0.717) is 35.0 Å². The van der Waals surface area contributed by atoms with Crippen molar-refractivity contribution in [2.24, 2.45) is 0 Å². The Hall–Kier alpha value is -3.68. The molecule has 1 heterocycles. The minimum atomic E-state index is -0.449. The molecule has 3 rings (SSSR count). The molecule has 1 amide bonds. The smallest absolute Gasteiger partial charge is 0.338 e. The lowest BCUT2D eigenvalue weighted by Crippen LogP contribution is -2.15. The molecule has 150 valence electrons. The van der Waals surface area contributed by atoms with Gasteiger partial charge in [0.2, 0.25) is 17.6 Å².